The zero-order chi connectivity index (χ0) is 28.3. The lowest BCUT2D eigenvalue weighted by molar-refractivity contribution is 1.08. The van der Waals surface area contributed by atoms with E-state index in [1.165, 1.54) is 30.9 Å². The van der Waals surface area contributed by atoms with Gasteiger partial charge in [-0.3, -0.25) is 0 Å². The molecule has 43 heavy (non-hydrogen) atoms. The lowest BCUT2D eigenvalue weighted by Gasteiger charge is -2.13. The molecule has 9 rings (SSSR count). The molecule has 0 bridgehead atoms. The molecule has 0 fully saturated rings. The molecule has 4 heteroatoms. The minimum absolute atomic E-state index is 0.672. The van der Waals surface area contributed by atoms with Gasteiger partial charge in [-0.25, -0.2) is 15.0 Å². The van der Waals surface area contributed by atoms with Crippen LogP contribution in [-0.2, 0) is 0 Å². The number of hydrogen-bond acceptors (Lipinski definition) is 4. The first kappa shape index (κ1) is 24.2. The van der Waals surface area contributed by atoms with E-state index in [9.17, 15) is 0 Å². The van der Waals surface area contributed by atoms with Crippen molar-refractivity contribution >= 4 is 63.8 Å². The van der Waals surface area contributed by atoms with Crippen LogP contribution in [-0.4, -0.2) is 15.0 Å². The van der Waals surface area contributed by atoms with Gasteiger partial charge in [0.15, 0.2) is 17.5 Å². The largest absolute Gasteiger partial charge is 0.208 e. The summed E-state index contributed by atoms with van der Waals surface area (Å²) in [5.41, 5.74) is 3.02. The number of thiophene rings is 1. The number of aromatic nitrogens is 3. The number of nitrogens with zero attached hydrogens (tertiary/aromatic N) is 3. The summed E-state index contributed by atoms with van der Waals surface area (Å²) in [6.45, 7) is 0. The van der Waals surface area contributed by atoms with Crippen LogP contribution >= 0.6 is 11.3 Å². The van der Waals surface area contributed by atoms with E-state index in [2.05, 4.69) is 140 Å². The van der Waals surface area contributed by atoms with Gasteiger partial charge >= 0.3 is 0 Å². The Morgan fingerprint density at radius 3 is 1.60 bits per heavy atom. The average molecular weight is 566 g/mol. The molecule has 200 valence electrons. The number of rotatable bonds is 3. The Bertz CT molecular complexity index is 2520. The summed E-state index contributed by atoms with van der Waals surface area (Å²) in [7, 11) is 0. The molecule has 3 nitrogen and oxygen atoms in total. The van der Waals surface area contributed by atoms with Gasteiger partial charge in [0.2, 0.25) is 0 Å². The number of hydrogen-bond donors (Lipinski definition) is 0. The van der Waals surface area contributed by atoms with Crippen molar-refractivity contribution in [3.63, 3.8) is 0 Å². The van der Waals surface area contributed by atoms with E-state index in [0.29, 0.717) is 17.5 Å². The van der Waals surface area contributed by atoms with E-state index < -0.39 is 0 Å². The number of benzene rings is 7. The smallest absolute Gasteiger partial charge is 0.164 e. The Hall–Kier alpha value is -5.45. The molecule has 0 saturated carbocycles. The van der Waals surface area contributed by atoms with Gasteiger partial charge in [0.1, 0.15) is 0 Å². The van der Waals surface area contributed by atoms with E-state index in [4.69, 9.17) is 15.0 Å². The minimum atomic E-state index is 0.672. The van der Waals surface area contributed by atoms with Gasteiger partial charge in [-0.15, -0.1) is 11.3 Å². The Morgan fingerprint density at radius 1 is 0.326 bits per heavy atom. The molecular weight excluding hydrogens is 543 g/mol. The molecule has 0 spiro atoms. The van der Waals surface area contributed by atoms with Crippen LogP contribution in [0.5, 0.6) is 0 Å². The van der Waals surface area contributed by atoms with E-state index >= 15 is 0 Å². The predicted molar refractivity (Wildman–Crippen MR) is 182 cm³/mol. The van der Waals surface area contributed by atoms with Crippen LogP contribution in [0.1, 0.15) is 0 Å². The van der Waals surface area contributed by atoms with Gasteiger partial charge < -0.3 is 0 Å². The maximum Gasteiger partial charge on any atom is 0.164 e. The standard InChI is InChI=1S/C39H23N3S/c1-3-14-27-24(10-1)12-7-17-29(27)37-40-38(31-18-8-13-26-23-22-25-11-2-4-15-28(25)35(26)31)42-39(41-37)32-19-9-21-34-36(32)30-16-5-6-20-33(30)43-34/h1-23H. The van der Waals surface area contributed by atoms with Gasteiger partial charge in [0, 0.05) is 42.2 Å². The third-order valence-electron chi connectivity index (χ3n) is 8.32. The fourth-order valence-corrected chi connectivity index (χ4v) is 7.50. The first-order valence-corrected chi connectivity index (χ1v) is 15.2. The minimum Gasteiger partial charge on any atom is -0.208 e. The van der Waals surface area contributed by atoms with Crippen molar-refractivity contribution in [2.75, 3.05) is 0 Å². The first-order chi connectivity index (χ1) is 21.3. The molecule has 2 heterocycles. The highest BCUT2D eigenvalue weighted by atomic mass is 32.1. The Morgan fingerprint density at radius 2 is 0.814 bits per heavy atom. The van der Waals surface area contributed by atoms with Crippen molar-refractivity contribution in [1.29, 1.82) is 0 Å². The summed E-state index contributed by atoms with van der Waals surface area (Å²) in [5.74, 6) is 2.02. The van der Waals surface area contributed by atoms with Gasteiger partial charge in [0.05, 0.1) is 0 Å². The molecule has 0 amide bonds. The van der Waals surface area contributed by atoms with Crippen LogP contribution in [0.4, 0.5) is 0 Å². The van der Waals surface area contributed by atoms with Crippen LogP contribution in [0.3, 0.4) is 0 Å². The molecule has 0 aliphatic rings. The summed E-state index contributed by atoms with van der Waals surface area (Å²) in [5, 5.41) is 9.39. The lowest BCUT2D eigenvalue weighted by Crippen LogP contribution is -2.01. The quantitative estimate of drug-likeness (QED) is 0.200. The van der Waals surface area contributed by atoms with Crippen molar-refractivity contribution in [3.05, 3.63) is 140 Å². The fourth-order valence-electron chi connectivity index (χ4n) is 6.36. The predicted octanol–water partition coefficient (Wildman–Crippen LogP) is 10.7. The highest BCUT2D eigenvalue weighted by Crippen LogP contribution is 2.41. The van der Waals surface area contributed by atoms with Crippen molar-refractivity contribution in [1.82, 2.24) is 15.0 Å². The Balaban J connectivity index is 1.40. The lowest BCUT2D eigenvalue weighted by atomic mass is 9.97. The third-order valence-corrected chi connectivity index (χ3v) is 9.46. The van der Waals surface area contributed by atoms with E-state index in [1.807, 2.05) is 0 Å². The fraction of sp³-hybridized carbons (Fsp3) is 0. The molecule has 0 radical (unpaired) electrons. The second-order valence-electron chi connectivity index (χ2n) is 10.8. The van der Waals surface area contributed by atoms with Crippen LogP contribution in [0.2, 0.25) is 0 Å². The highest BCUT2D eigenvalue weighted by Gasteiger charge is 2.19. The molecule has 0 atom stereocenters. The molecule has 7 aromatic carbocycles. The zero-order valence-corrected chi connectivity index (χ0v) is 23.8. The second-order valence-corrected chi connectivity index (χ2v) is 11.9. The summed E-state index contributed by atoms with van der Waals surface area (Å²) < 4.78 is 2.48. The summed E-state index contributed by atoms with van der Waals surface area (Å²) in [6, 6.07) is 49.1. The van der Waals surface area contributed by atoms with Crippen LogP contribution in [0.25, 0.3) is 86.7 Å². The zero-order valence-electron chi connectivity index (χ0n) is 23.0. The van der Waals surface area contributed by atoms with E-state index in [-0.39, 0.29) is 0 Å². The summed E-state index contributed by atoms with van der Waals surface area (Å²) in [4.78, 5) is 15.7. The summed E-state index contributed by atoms with van der Waals surface area (Å²) >= 11 is 1.81. The van der Waals surface area contributed by atoms with Crippen LogP contribution < -0.4 is 0 Å². The molecule has 0 unspecified atom stereocenters. The maximum absolute atomic E-state index is 5.26. The van der Waals surface area contributed by atoms with Crippen LogP contribution in [0.15, 0.2) is 140 Å². The molecule has 2 aromatic heterocycles. The molecule has 0 aliphatic carbocycles. The highest BCUT2D eigenvalue weighted by molar-refractivity contribution is 7.25. The SMILES string of the molecule is c1ccc2c(-c3nc(-c4cccc5ccc6ccccc6c45)nc(-c4cccc5sc6ccccc6c45)n3)cccc2c1. The van der Waals surface area contributed by atoms with Gasteiger partial charge in [0.25, 0.3) is 0 Å². The molecular formula is C39H23N3S. The van der Waals surface area contributed by atoms with Crippen LogP contribution in [0, 0.1) is 0 Å². The first-order valence-electron chi connectivity index (χ1n) is 14.4. The Labute approximate surface area is 251 Å². The summed E-state index contributed by atoms with van der Waals surface area (Å²) in [6.07, 6.45) is 0. The third kappa shape index (κ3) is 3.84. The molecule has 9 aromatic rings. The van der Waals surface area contributed by atoms with Gasteiger partial charge in [-0.1, -0.05) is 127 Å². The van der Waals surface area contributed by atoms with Crippen molar-refractivity contribution in [2.45, 2.75) is 0 Å². The van der Waals surface area contributed by atoms with E-state index in [0.717, 1.165) is 38.2 Å². The molecule has 0 N–H and O–H groups in total. The monoisotopic (exact) mass is 565 g/mol. The number of fused-ring (bicyclic) bond motifs is 7. The molecule has 0 saturated heterocycles. The van der Waals surface area contributed by atoms with Crippen molar-refractivity contribution in [3.8, 4) is 34.2 Å². The normalized spacial score (nSPS) is 11.7. The van der Waals surface area contributed by atoms with E-state index in [1.54, 1.807) is 11.3 Å². The van der Waals surface area contributed by atoms with Crippen molar-refractivity contribution < 1.29 is 0 Å². The topological polar surface area (TPSA) is 38.7 Å². The second kappa shape index (κ2) is 9.55. The Kier molecular flexibility index (Phi) is 5.37. The van der Waals surface area contributed by atoms with Gasteiger partial charge in [-0.05, 0) is 39.1 Å². The van der Waals surface area contributed by atoms with Gasteiger partial charge in [-0.2, -0.15) is 0 Å². The van der Waals surface area contributed by atoms with Crippen molar-refractivity contribution in [2.24, 2.45) is 0 Å². The maximum atomic E-state index is 5.26. The average Bonchev–Trinajstić information content (AvgIpc) is 3.46. The molecule has 0 aliphatic heterocycles.